The van der Waals surface area contributed by atoms with Crippen LogP contribution < -0.4 is 14.8 Å². The Balaban J connectivity index is 1.90. The monoisotopic (exact) mass is 340 g/mol. The molecule has 0 radical (unpaired) electrons. The van der Waals surface area contributed by atoms with E-state index in [0.29, 0.717) is 22.5 Å². The number of aryl methyl sites for hydroxylation is 1. The highest BCUT2D eigenvalue weighted by atomic mass is 19.4. The second kappa shape index (κ2) is 5.87. The summed E-state index contributed by atoms with van der Waals surface area (Å²) in [5.41, 5.74) is 2.25. The third kappa shape index (κ3) is 3.31. The number of hydrogen-bond donors (Lipinski definition) is 1. The second-order valence-corrected chi connectivity index (χ2v) is 4.80. The zero-order chi connectivity index (χ0) is 17.3. The average Bonchev–Trinajstić information content (AvgIpc) is 2.94. The van der Waals surface area contributed by atoms with E-state index in [9.17, 15) is 13.2 Å². The Morgan fingerprint density at radius 3 is 2.58 bits per heavy atom. The Labute approximate surface area is 133 Å². The Hall–Kier alpha value is -3.04. The standard InChI is InChI=1S/C14H11F3N4O3/c1-7-5-8(23-14(15,16)17)3-4-9(7)18-11-6-10-12(21-24-20-10)19-13(11)22-2/h3-6,18H,1-2H3. The number of methoxy groups -OCH3 is 1. The lowest BCUT2D eigenvalue weighted by Gasteiger charge is -2.14. The molecular weight excluding hydrogens is 329 g/mol. The largest absolute Gasteiger partial charge is 0.573 e. The first-order valence-electron chi connectivity index (χ1n) is 6.66. The fraction of sp³-hybridized carbons (Fsp3) is 0.214. The van der Waals surface area contributed by atoms with Crippen LogP contribution >= 0.6 is 0 Å². The summed E-state index contributed by atoms with van der Waals surface area (Å²) in [6.07, 6.45) is -4.74. The van der Waals surface area contributed by atoms with Crippen LogP contribution in [0.2, 0.25) is 0 Å². The van der Waals surface area contributed by atoms with Crippen LogP contribution in [0.3, 0.4) is 0 Å². The summed E-state index contributed by atoms with van der Waals surface area (Å²) in [4.78, 5) is 4.12. The number of nitrogens with one attached hydrogen (secondary N) is 1. The summed E-state index contributed by atoms with van der Waals surface area (Å²) in [7, 11) is 1.43. The molecule has 0 aliphatic heterocycles. The average molecular weight is 340 g/mol. The van der Waals surface area contributed by atoms with Crippen molar-refractivity contribution in [2.24, 2.45) is 0 Å². The summed E-state index contributed by atoms with van der Waals surface area (Å²) < 4.78 is 50.4. The lowest BCUT2D eigenvalue weighted by molar-refractivity contribution is -0.274. The van der Waals surface area contributed by atoms with E-state index in [1.54, 1.807) is 13.0 Å². The van der Waals surface area contributed by atoms with Crippen molar-refractivity contribution in [1.82, 2.24) is 15.3 Å². The van der Waals surface area contributed by atoms with Crippen molar-refractivity contribution in [3.8, 4) is 11.6 Å². The van der Waals surface area contributed by atoms with Gasteiger partial charge in [-0.05, 0) is 41.0 Å². The molecule has 0 atom stereocenters. The molecule has 0 fully saturated rings. The molecule has 3 aromatic rings. The summed E-state index contributed by atoms with van der Waals surface area (Å²) in [6, 6.07) is 5.54. The van der Waals surface area contributed by atoms with Gasteiger partial charge in [-0.25, -0.2) is 4.63 Å². The molecule has 0 bridgehead atoms. The first kappa shape index (κ1) is 15.8. The normalized spacial score (nSPS) is 11.5. The summed E-state index contributed by atoms with van der Waals surface area (Å²) in [5, 5.41) is 10.3. The zero-order valence-electron chi connectivity index (χ0n) is 12.5. The number of fused-ring (bicyclic) bond motifs is 1. The molecule has 0 amide bonds. The third-order valence-corrected chi connectivity index (χ3v) is 3.11. The highest BCUT2D eigenvalue weighted by Gasteiger charge is 2.31. The van der Waals surface area contributed by atoms with Crippen molar-refractivity contribution in [2.45, 2.75) is 13.3 Å². The Kier molecular flexibility index (Phi) is 3.87. The first-order chi connectivity index (χ1) is 11.4. The van der Waals surface area contributed by atoms with Gasteiger partial charge in [0.05, 0.1) is 7.11 Å². The molecule has 2 aromatic heterocycles. The Morgan fingerprint density at radius 1 is 1.12 bits per heavy atom. The molecule has 0 aliphatic carbocycles. The van der Waals surface area contributed by atoms with Gasteiger partial charge in [0.2, 0.25) is 11.5 Å². The second-order valence-electron chi connectivity index (χ2n) is 4.80. The number of benzene rings is 1. The minimum absolute atomic E-state index is 0.244. The van der Waals surface area contributed by atoms with Crippen molar-refractivity contribution in [1.29, 1.82) is 0 Å². The number of pyridine rings is 1. The molecule has 7 nitrogen and oxygen atoms in total. The predicted octanol–water partition coefficient (Wildman–Crippen LogP) is 3.58. The summed E-state index contributed by atoms with van der Waals surface area (Å²) in [5.74, 6) is -0.0555. The van der Waals surface area contributed by atoms with Crippen molar-refractivity contribution < 1.29 is 27.3 Å². The molecule has 0 spiro atoms. The molecule has 0 unspecified atom stereocenters. The van der Waals surface area contributed by atoms with Gasteiger partial charge < -0.3 is 14.8 Å². The molecule has 1 aromatic carbocycles. The number of aromatic nitrogens is 3. The summed E-state index contributed by atoms with van der Waals surface area (Å²) >= 11 is 0. The van der Waals surface area contributed by atoms with E-state index in [-0.39, 0.29) is 17.3 Å². The number of hydrogen-bond acceptors (Lipinski definition) is 7. The quantitative estimate of drug-likeness (QED) is 0.777. The van der Waals surface area contributed by atoms with Crippen molar-refractivity contribution in [3.63, 3.8) is 0 Å². The van der Waals surface area contributed by atoms with Gasteiger partial charge in [0.25, 0.3) is 0 Å². The molecule has 0 aliphatic rings. The fourth-order valence-corrected chi connectivity index (χ4v) is 2.08. The number of ether oxygens (including phenoxy) is 2. The van der Waals surface area contributed by atoms with Gasteiger partial charge in [0.1, 0.15) is 11.4 Å². The van der Waals surface area contributed by atoms with E-state index < -0.39 is 6.36 Å². The third-order valence-electron chi connectivity index (χ3n) is 3.11. The van der Waals surface area contributed by atoms with Crippen LogP contribution in [0.4, 0.5) is 24.5 Å². The topological polar surface area (TPSA) is 82.3 Å². The molecule has 0 saturated heterocycles. The van der Waals surface area contributed by atoms with Crippen molar-refractivity contribution in [2.75, 3.05) is 12.4 Å². The number of halogens is 3. The maximum Gasteiger partial charge on any atom is 0.573 e. The van der Waals surface area contributed by atoms with Crippen LogP contribution in [-0.2, 0) is 0 Å². The maximum absolute atomic E-state index is 12.3. The van der Waals surface area contributed by atoms with E-state index in [2.05, 4.69) is 30.0 Å². The van der Waals surface area contributed by atoms with E-state index >= 15 is 0 Å². The Bertz CT molecular complexity index is 879. The first-order valence-corrected chi connectivity index (χ1v) is 6.66. The molecule has 1 N–H and O–H groups in total. The van der Waals surface area contributed by atoms with Gasteiger partial charge in [-0.2, -0.15) is 4.98 Å². The van der Waals surface area contributed by atoms with Gasteiger partial charge in [0.15, 0.2) is 5.52 Å². The predicted molar refractivity (Wildman–Crippen MR) is 77.3 cm³/mol. The van der Waals surface area contributed by atoms with Crippen LogP contribution in [0, 0.1) is 6.92 Å². The lowest BCUT2D eigenvalue weighted by atomic mass is 10.2. The van der Waals surface area contributed by atoms with Crippen LogP contribution in [0.5, 0.6) is 11.6 Å². The van der Waals surface area contributed by atoms with Crippen molar-refractivity contribution >= 4 is 22.5 Å². The van der Waals surface area contributed by atoms with Crippen LogP contribution in [0.25, 0.3) is 11.2 Å². The molecule has 10 heteroatoms. The van der Waals surface area contributed by atoms with Gasteiger partial charge in [0, 0.05) is 11.8 Å². The minimum atomic E-state index is -4.74. The van der Waals surface area contributed by atoms with Gasteiger partial charge in [-0.1, -0.05) is 0 Å². The fourth-order valence-electron chi connectivity index (χ4n) is 2.08. The molecule has 126 valence electrons. The molecule has 24 heavy (non-hydrogen) atoms. The van der Waals surface area contributed by atoms with Gasteiger partial charge in [-0.3, -0.25) is 0 Å². The number of anilines is 2. The van der Waals surface area contributed by atoms with Crippen LogP contribution in [0.1, 0.15) is 5.56 Å². The minimum Gasteiger partial charge on any atom is -0.479 e. The summed E-state index contributed by atoms with van der Waals surface area (Å²) in [6.45, 7) is 1.64. The SMILES string of the molecule is COc1nc2nonc2cc1Nc1ccc(OC(F)(F)F)cc1C. The molecule has 2 heterocycles. The maximum atomic E-state index is 12.3. The molecule has 0 saturated carbocycles. The zero-order valence-corrected chi connectivity index (χ0v) is 12.5. The van der Waals surface area contributed by atoms with Crippen LogP contribution in [0.15, 0.2) is 28.9 Å². The number of alkyl halides is 3. The number of rotatable bonds is 4. The van der Waals surface area contributed by atoms with Gasteiger partial charge >= 0.3 is 6.36 Å². The van der Waals surface area contributed by atoms with E-state index in [1.165, 1.54) is 25.3 Å². The van der Waals surface area contributed by atoms with E-state index in [4.69, 9.17) is 4.74 Å². The van der Waals surface area contributed by atoms with E-state index in [0.717, 1.165) is 0 Å². The molecule has 3 rings (SSSR count). The smallest absolute Gasteiger partial charge is 0.479 e. The Morgan fingerprint density at radius 2 is 1.92 bits per heavy atom. The number of nitrogens with zero attached hydrogens (tertiary/aromatic N) is 3. The highest BCUT2D eigenvalue weighted by Crippen LogP contribution is 2.32. The van der Waals surface area contributed by atoms with Crippen LogP contribution in [-0.4, -0.2) is 28.8 Å². The highest BCUT2D eigenvalue weighted by molar-refractivity contribution is 5.79. The van der Waals surface area contributed by atoms with E-state index in [1.807, 2.05) is 0 Å². The van der Waals surface area contributed by atoms with Crippen molar-refractivity contribution in [3.05, 3.63) is 29.8 Å². The lowest BCUT2D eigenvalue weighted by Crippen LogP contribution is -2.17. The molecular formula is C14H11F3N4O3. The van der Waals surface area contributed by atoms with Gasteiger partial charge in [-0.15, -0.1) is 13.2 Å².